The van der Waals surface area contributed by atoms with Crippen LogP contribution in [0.2, 0.25) is 0 Å². The van der Waals surface area contributed by atoms with Crippen molar-refractivity contribution in [3.8, 4) is 10.4 Å². The number of fused-ring (bicyclic) bond motifs is 1. The van der Waals surface area contributed by atoms with E-state index in [1.165, 1.54) is 21.5 Å². The summed E-state index contributed by atoms with van der Waals surface area (Å²) >= 11 is 1.53. The lowest BCUT2D eigenvalue weighted by molar-refractivity contribution is 0.321. The van der Waals surface area contributed by atoms with Gasteiger partial charge < -0.3 is 0 Å². The van der Waals surface area contributed by atoms with Gasteiger partial charge in [-0.05, 0) is 29.3 Å². The predicted molar refractivity (Wildman–Crippen MR) is 144 cm³/mol. The highest BCUT2D eigenvalue weighted by molar-refractivity contribution is 7.22. The first-order chi connectivity index (χ1) is 17.0. The van der Waals surface area contributed by atoms with Gasteiger partial charge >= 0.3 is 5.69 Å². The zero-order valence-corrected chi connectivity index (χ0v) is 20.7. The quantitative estimate of drug-likeness (QED) is 0.325. The number of hydrogen-bond donors (Lipinski definition) is 0. The lowest BCUT2D eigenvalue weighted by atomic mass is 10.1. The summed E-state index contributed by atoms with van der Waals surface area (Å²) in [6, 6.07) is 30.3. The average Bonchev–Trinajstić information content (AvgIpc) is 3.26. The molecule has 0 aliphatic rings. The van der Waals surface area contributed by atoms with Crippen LogP contribution in [-0.2, 0) is 26.7 Å². The molecule has 0 amide bonds. The van der Waals surface area contributed by atoms with Crippen molar-refractivity contribution in [2.75, 3.05) is 7.05 Å². The normalized spacial score (nSPS) is 11.4. The van der Waals surface area contributed by atoms with E-state index in [1.54, 1.807) is 11.6 Å². The molecule has 3 aromatic carbocycles. The van der Waals surface area contributed by atoms with E-state index in [0.717, 1.165) is 32.9 Å². The van der Waals surface area contributed by atoms with Crippen LogP contribution in [0.1, 0.15) is 16.7 Å². The van der Waals surface area contributed by atoms with Gasteiger partial charge in [-0.3, -0.25) is 18.8 Å². The number of benzene rings is 3. The van der Waals surface area contributed by atoms with Crippen LogP contribution >= 0.6 is 11.3 Å². The molecule has 0 fully saturated rings. The Labute approximate surface area is 208 Å². The zero-order valence-electron chi connectivity index (χ0n) is 19.8. The molecule has 0 saturated carbocycles. The summed E-state index contributed by atoms with van der Waals surface area (Å²) in [6.45, 7) is 1.77. The molecule has 0 bridgehead atoms. The lowest BCUT2D eigenvalue weighted by Gasteiger charge is -2.18. The first-order valence-electron chi connectivity index (χ1n) is 11.6. The van der Waals surface area contributed by atoms with Crippen molar-refractivity contribution in [3.63, 3.8) is 0 Å². The van der Waals surface area contributed by atoms with Crippen LogP contribution in [0.3, 0.4) is 0 Å². The fourth-order valence-electron chi connectivity index (χ4n) is 4.48. The Bertz CT molecular complexity index is 1570. The van der Waals surface area contributed by atoms with Crippen molar-refractivity contribution in [1.82, 2.24) is 14.0 Å². The van der Waals surface area contributed by atoms with Gasteiger partial charge in [0.2, 0.25) is 0 Å². The molecule has 2 heterocycles. The Hall–Kier alpha value is -3.74. The number of aromatic nitrogens is 2. The minimum Gasteiger partial charge on any atom is -0.298 e. The second kappa shape index (κ2) is 9.86. The van der Waals surface area contributed by atoms with Gasteiger partial charge in [-0.2, -0.15) is 0 Å². The minimum absolute atomic E-state index is 0.240. The predicted octanol–water partition coefficient (Wildman–Crippen LogP) is 5.11. The maximum Gasteiger partial charge on any atom is 0.332 e. The number of nitrogens with zero attached hydrogens (tertiary/aromatic N) is 3. The maximum absolute atomic E-state index is 13.5. The summed E-state index contributed by atoms with van der Waals surface area (Å²) in [5.74, 6) is 0. The lowest BCUT2D eigenvalue weighted by Crippen LogP contribution is -2.38. The molecule has 5 aromatic rings. The monoisotopic (exact) mass is 481 g/mol. The SMILES string of the molecule is CN(Cc1ccccc1)Cc1c(-c2ccccc2)sc2c1c(=O)n(C)c(=O)n2Cc1ccccc1. The number of hydrogen-bond acceptors (Lipinski definition) is 4. The van der Waals surface area contributed by atoms with E-state index >= 15 is 0 Å². The molecule has 5 rings (SSSR count). The Morgan fingerprint density at radius 2 is 1.34 bits per heavy atom. The van der Waals surface area contributed by atoms with Crippen molar-refractivity contribution in [3.05, 3.63) is 129 Å². The van der Waals surface area contributed by atoms with Crippen LogP contribution in [0, 0.1) is 0 Å². The molecule has 0 aliphatic heterocycles. The number of rotatable bonds is 7. The molecule has 0 atom stereocenters. The van der Waals surface area contributed by atoms with Gasteiger partial charge in [0.25, 0.3) is 5.56 Å². The molecule has 35 heavy (non-hydrogen) atoms. The highest BCUT2D eigenvalue weighted by atomic mass is 32.1. The van der Waals surface area contributed by atoms with Crippen molar-refractivity contribution in [2.24, 2.45) is 7.05 Å². The van der Waals surface area contributed by atoms with Gasteiger partial charge in [-0.1, -0.05) is 91.0 Å². The molecule has 5 nitrogen and oxygen atoms in total. The van der Waals surface area contributed by atoms with Crippen LogP contribution in [0.5, 0.6) is 0 Å². The van der Waals surface area contributed by atoms with Crippen molar-refractivity contribution in [2.45, 2.75) is 19.6 Å². The molecule has 0 spiro atoms. The van der Waals surface area contributed by atoms with E-state index in [9.17, 15) is 9.59 Å². The van der Waals surface area contributed by atoms with E-state index in [4.69, 9.17) is 0 Å². The van der Waals surface area contributed by atoms with E-state index in [2.05, 4.69) is 36.2 Å². The second-order valence-corrected chi connectivity index (χ2v) is 9.83. The third-order valence-corrected chi connectivity index (χ3v) is 7.52. The second-order valence-electron chi connectivity index (χ2n) is 8.83. The summed E-state index contributed by atoms with van der Waals surface area (Å²) in [5.41, 5.74) is 3.72. The van der Waals surface area contributed by atoms with Crippen LogP contribution in [0.25, 0.3) is 20.7 Å². The van der Waals surface area contributed by atoms with Crippen molar-refractivity contribution >= 4 is 21.6 Å². The van der Waals surface area contributed by atoms with Crippen molar-refractivity contribution < 1.29 is 0 Å². The molecule has 0 unspecified atom stereocenters. The standard InChI is InChI=1S/C29H27N3O2S/c1-30(18-21-12-6-3-7-13-21)20-24-25-27(33)31(2)29(34)32(19-22-14-8-4-9-15-22)28(25)35-26(24)23-16-10-5-11-17-23/h3-17H,18-20H2,1-2H3. The summed E-state index contributed by atoms with van der Waals surface area (Å²) in [4.78, 5) is 30.7. The smallest absolute Gasteiger partial charge is 0.298 e. The van der Waals surface area contributed by atoms with Gasteiger partial charge in [0.1, 0.15) is 4.83 Å². The van der Waals surface area contributed by atoms with Crippen LogP contribution in [-0.4, -0.2) is 21.1 Å². The fourth-order valence-corrected chi connectivity index (χ4v) is 5.79. The minimum atomic E-state index is -0.295. The molecular weight excluding hydrogens is 454 g/mol. The van der Waals surface area contributed by atoms with E-state index in [1.807, 2.05) is 66.7 Å². The topological polar surface area (TPSA) is 47.2 Å². The van der Waals surface area contributed by atoms with Gasteiger partial charge in [-0.15, -0.1) is 11.3 Å². The Morgan fingerprint density at radius 1 is 0.771 bits per heavy atom. The van der Waals surface area contributed by atoms with Gasteiger partial charge in [0.15, 0.2) is 0 Å². The highest BCUT2D eigenvalue weighted by Crippen LogP contribution is 2.37. The molecule has 176 valence electrons. The fraction of sp³-hybridized carbons (Fsp3) is 0.172. The molecule has 0 saturated heterocycles. The Morgan fingerprint density at radius 3 is 1.97 bits per heavy atom. The van der Waals surface area contributed by atoms with Crippen molar-refractivity contribution in [1.29, 1.82) is 0 Å². The largest absolute Gasteiger partial charge is 0.332 e. The molecule has 2 aromatic heterocycles. The molecule has 0 radical (unpaired) electrons. The van der Waals surface area contributed by atoms with E-state index in [0.29, 0.717) is 18.5 Å². The maximum atomic E-state index is 13.5. The third kappa shape index (κ3) is 4.63. The summed E-state index contributed by atoms with van der Waals surface area (Å²) < 4.78 is 2.98. The first-order valence-corrected chi connectivity index (χ1v) is 12.4. The van der Waals surface area contributed by atoms with E-state index < -0.39 is 0 Å². The molecule has 6 heteroatoms. The van der Waals surface area contributed by atoms with Gasteiger partial charge in [0, 0.05) is 25.0 Å². The zero-order chi connectivity index (χ0) is 24.4. The van der Waals surface area contributed by atoms with Crippen LogP contribution < -0.4 is 11.2 Å². The van der Waals surface area contributed by atoms with Crippen LogP contribution in [0.4, 0.5) is 0 Å². The Kier molecular flexibility index (Phi) is 6.49. The van der Waals surface area contributed by atoms with Gasteiger partial charge in [0.05, 0.1) is 11.9 Å². The first kappa shape index (κ1) is 23.0. The number of thiophene rings is 1. The molecule has 0 N–H and O–H groups in total. The Balaban J connectivity index is 1.69. The van der Waals surface area contributed by atoms with E-state index in [-0.39, 0.29) is 11.2 Å². The highest BCUT2D eigenvalue weighted by Gasteiger charge is 2.23. The van der Waals surface area contributed by atoms with Crippen LogP contribution in [0.15, 0.2) is 101 Å². The summed E-state index contributed by atoms with van der Waals surface area (Å²) in [7, 11) is 3.64. The molecule has 0 aliphatic carbocycles. The average molecular weight is 482 g/mol. The summed E-state index contributed by atoms with van der Waals surface area (Å²) in [5, 5.41) is 0.631. The van der Waals surface area contributed by atoms with Gasteiger partial charge in [-0.25, -0.2) is 4.79 Å². The summed E-state index contributed by atoms with van der Waals surface area (Å²) in [6.07, 6.45) is 0. The third-order valence-electron chi connectivity index (χ3n) is 6.21. The molecular formula is C29H27N3O2S.